The van der Waals surface area contributed by atoms with Crippen LogP contribution in [0, 0.1) is 5.92 Å². The first-order valence-electron chi connectivity index (χ1n) is 7.20. The van der Waals surface area contributed by atoms with Gasteiger partial charge >= 0.3 is 0 Å². The molecule has 1 aromatic carbocycles. The third-order valence-corrected chi connectivity index (χ3v) is 4.46. The summed E-state index contributed by atoms with van der Waals surface area (Å²) in [5.74, 6) is 0.879. The van der Waals surface area contributed by atoms with Gasteiger partial charge in [0.1, 0.15) is 0 Å². The maximum absolute atomic E-state index is 6.55. The Morgan fingerprint density at radius 2 is 1.79 bits per heavy atom. The lowest BCUT2D eigenvalue weighted by molar-refractivity contribution is 0.192. The molecule has 0 radical (unpaired) electrons. The van der Waals surface area contributed by atoms with Crippen LogP contribution in [0.25, 0.3) is 0 Å². The highest BCUT2D eigenvalue weighted by Gasteiger charge is 2.19. The summed E-state index contributed by atoms with van der Waals surface area (Å²) in [5.41, 5.74) is 2.45. The average Bonchev–Trinajstić information content (AvgIpc) is 2.41. The lowest BCUT2D eigenvalue weighted by Crippen LogP contribution is -2.35. The van der Waals surface area contributed by atoms with Gasteiger partial charge in [-0.25, -0.2) is 0 Å². The fourth-order valence-electron chi connectivity index (χ4n) is 2.56. The van der Waals surface area contributed by atoms with Crippen LogP contribution >= 0.6 is 11.6 Å². The van der Waals surface area contributed by atoms with E-state index in [1.54, 1.807) is 0 Å². The number of nitrogens with zero attached hydrogens (tertiary/aromatic N) is 2. The SMILES string of the molecule is CC1CCN(CC(Cl)c2ccc(N(C)C)cc2)CC1. The minimum atomic E-state index is 0.101. The van der Waals surface area contributed by atoms with Crippen molar-refractivity contribution in [3.63, 3.8) is 0 Å². The molecule has 19 heavy (non-hydrogen) atoms. The topological polar surface area (TPSA) is 6.48 Å². The molecule has 1 aliphatic heterocycles. The number of piperidine rings is 1. The Kier molecular flexibility index (Phi) is 5.12. The van der Waals surface area contributed by atoms with Gasteiger partial charge in [0, 0.05) is 26.3 Å². The monoisotopic (exact) mass is 280 g/mol. The van der Waals surface area contributed by atoms with Gasteiger partial charge in [-0.1, -0.05) is 19.1 Å². The quantitative estimate of drug-likeness (QED) is 0.775. The summed E-state index contributed by atoms with van der Waals surface area (Å²) in [6.07, 6.45) is 2.62. The highest BCUT2D eigenvalue weighted by Crippen LogP contribution is 2.26. The summed E-state index contributed by atoms with van der Waals surface area (Å²) < 4.78 is 0. The van der Waals surface area contributed by atoms with Crippen molar-refractivity contribution < 1.29 is 0 Å². The van der Waals surface area contributed by atoms with E-state index < -0.39 is 0 Å². The Hall–Kier alpha value is -0.730. The number of anilines is 1. The van der Waals surface area contributed by atoms with Gasteiger partial charge in [-0.2, -0.15) is 0 Å². The van der Waals surface area contributed by atoms with E-state index in [1.165, 1.54) is 37.2 Å². The van der Waals surface area contributed by atoms with Gasteiger partial charge < -0.3 is 9.80 Å². The molecule has 0 bridgehead atoms. The largest absolute Gasteiger partial charge is 0.378 e. The molecule has 0 amide bonds. The van der Waals surface area contributed by atoms with Crippen LogP contribution in [0.5, 0.6) is 0 Å². The molecular weight excluding hydrogens is 256 g/mol. The maximum atomic E-state index is 6.55. The second-order valence-electron chi connectivity index (χ2n) is 5.94. The molecule has 1 aromatic rings. The third kappa shape index (κ3) is 4.12. The Morgan fingerprint density at radius 3 is 2.32 bits per heavy atom. The zero-order chi connectivity index (χ0) is 13.8. The van der Waals surface area contributed by atoms with Gasteiger partial charge in [-0.3, -0.25) is 0 Å². The maximum Gasteiger partial charge on any atom is 0.0712 e. The second-order valence-corrected chi connectivity index (χ2v) is 6.46. The van der Waals surface area contributed by atoms with Crippen molar-refractivity contribution in [2.45, 2.75) is 25.1 Å². The van der Waals surface area contributed by atoms with Crippen molar-refractivity contribution in [1.29, 1.82) is 0 Å². The van der Waals surface area contributed by atoms with E-state index >= 15 is 0 Å². The Bertz CT molecular complexity index is 380. The van der Waals surface area contributed by atoms with E-state index in [0.717, 1.165) is 12.5 Å². The average molecular weight is 281 g/mol. The van der Waals surface area contributed by atoms with Gasteiger partial charge in [0.05, 0.1) is 5.38 Å². The predicted molar refractivity (Wildman–Crippen MR) is 84.2 cm³/mol. The standard InChI is InChI=1S/C16H25ClN2/c1-13-8-10-19(11-9-13)12-16(17)14-4-6-15(7-5-14)18(2)3/h4-7,13,16H,8-12H2,1-3H3. The van der Waals surface area contributed by atoms with E-state index in [-0.39, 0.29) is 5.38 Å². The molecule has 2 rings (SSSR count). The number of rotatable bonds is 4. The molecule has 106 valence electrons. The first-order chi connectivity index (χ1) is 9.06. The molecule has 1 heterocycles. The van der Waals surface area contributed by atoms with Gasteiger partial charge in [0.15, 0.2) is 0 Å². The summed E-state index contributed by atoms with van der Waals surface area (Å²) in [5, 5.41) is 0.101. The third-order valence-electron chi connectivity index (χ3n) is 4.07. The molecule has 1 fully saturated rings. The van der Waals surface area contributed by atoms with Gasteiger partial charge in [0.2, 0.25) is 0 Å². The normalized spacial score (nSPS) is 19.4. The van der Waals surface area contributed by atoms with Crippen LogP contribution in [0.4, 0.5) is 5.69 Å². The minimum absolute atomic E-state index is 0.101. The lowest BCUT2D eigenvalue weighted by atomic mass is 9.99. The molecule has 0 N–H and O–H groups in total. The molecule has 3 heteroatoms. The number of benzene rings is 1. The first kappa shape index (κ1) is 14.7. The molecule has 2 nitrogen and oxygen atoms in total. The van der Waals surface area contributed by atoms with Crippen molar-refractivity contribution >= 4 is 17.3 Å². The summed E-state index contributed by atoms with van der Waals surface area (Å²) in [6.45, 7) is 5.70. The summed E-state index contributed by atoms with van der Waals surface area (Å²) in [6, 6.07) is 8.59. The summed E-state index contributed by atoms with van der Waals surface area (Å²) >= 11 is 6.55. The zero-order valence-corrected chi connectivity index (χ0v) is 13.0. The number of halogens is 1. The van der Waals surface area contributed by atoms with Crippen LogP contribution in [-0.4, -0.2) is 38.6 Å². The summed E-state index contributed by atoms with van der Waals surface area (Å²) in [7, 11) is 4.12. The van der Waals surface area contributed by atoms with Crippen LogP contribution in [0.2, 0.25) is 0 Å². The molecule has 1 atom stereocenters. The van der Waals surface area contributed by atoms with Crippen molar-refractivity contribution in [3.8, 4) is 0 Å². The molecule has 0 saturated carbocycles. The smallest absolute Gasteiger partial charge is 0.0712 e. The van der Waals surface area contributed by atoms with Crippen molar-refractivity contribution in [2.75, 3.05) is 38.6 Å². The summed E-state index contributed by atoms with van der Waals surface area (Å²) in [4.78, 5) is 4.61. The molecule has 1 unspecified atom stereocenters. The molecule has 1 saturated heterocycles. The first-order valence-corrected chi connectivity index (χ1v) is 7.63. The Balaban J connectivity index is 1.90. The fraction of sp³-hybridized carbons (Fsp3) is 0.625. The number of hydrogen-bond acceptors (Lipinski definition) is 2. The fourth-order valence-corrected chi connectivity index (χ4v) is 2.90. The lowest BCUT2D eigenvalue weighted by Gasteiger charge is -2.31. The van der Waals surface area contributed by atoms with Crippen molar-refractivity contribution in [3.05, 3.63) is 29.8 Å². The minimum Gasteiger partial charge on any atom is -0.378 e. The van der Waals surface area contributed by atoms with Crippen LogP contribution in [0.15, 0.2) is 24.3 Å². The number of hydrogen-bond donors (Lipinski definition) is 0. The van der Waals surface area contributed by atoms with E-state index in [1.807, 2.05) is 0 Å². The Morgan fingerprint density at radius 1 is 1.21 bits per heavy atom. The van der Waals surface area contributed by atoms with Crippen LogP contribution in [0.1, 0.15) is 30.7 Å². The van der Waals surface area contributed by atoms with Crippen LogP contribution in [-0.2, 0) is 0 Å². The molecular formula is C16H25ClN2. The zero-order valence-electron chi connectivity index (χ0n) is 12.3. The predicted octanol–water partition coefficient (Wildman–Crippen LogP) is 3.76. The Labute approximate surface area is 122 Å². The van der Waals surface area contributed by atoms with Gasteiger partial charge in [0.25, 0.3) is 0 Å². The van der Waals surface area contributed by atoms with E-state index in [2.05, 4.69) is 55.1 Å². The van der Waals surface area contributed by atoms with Crippen LogP contribution in [0.3, 0.4) is 0 Å². The molecule has 0 aliphatic carbocycles. The van der Waals surface area contributed by atoms with E-state index in [4.69, 9.17) is 11.6 Å². The number of alkyl halides is 1. The molecule has 0 spiro atoms. The highest BCUT2D eigenvalue weighted by molar-refractivity contribution is 6.21. The molecule has 0 aromatic heterocycles. The number of likely N-dealkylation sites (tertiary alicyclic amines) is 1. The van der Waals surface area contributed by atoms with Crippen LogP contribution < -0.4 is 4.90 Å². The second kappa shape index (κ2) is 6.62. The van der Waals surface area contributed by atoms with E-state index in [0.29, 0.717) is 0 Å². The molecule has 1 aliphatic rings. The van der Waals surface area contributed by atoms with Gasteiger partial charge in [-0.15, -0.1) is 11.6 Å². The van der Waals surface area contributed by atoms with Gasteiger partial charge in [-0.05, 0) is 49.5 Å². The van der Waals surface area contributed by atoms with Crippen molar-refractivity contribution in [2.24, 2.45) is 5.92 Å². The highest BCUT2D eigenvalue weighted by atomic mass is 35.5. The van der Waals surface area contributed by atoms with E-state index in [9.17, 15) is 0 Å². The van der Waals surface area contributed by atoms with Crippen molar-refractivity contribution in [1.82, 2.24) is 4.90 Å².